The summed E-state index contributed by atoms with van der Waals surface area (Å²) in [5, 5.41) is 3.41. The Morgan fingerprint density at radius 2 is 2.25 bits per heavy atom. The molecule has 3 heteroatoms. The van der Waals surface area contributed by atoms with E-state index in [4.69, 9.17) is 4.42 Å². The van der Waals surface area contributed by atoms with Gasteiger partial charge in [0.1, 0.15) is 5.52 Å². The maximum Gasteiger partial charge on any atom is 0.181 e. The zero-order valence-corrected chi connectivity index (χ0v) is 9.86. The van der Waals surface area contributed by atoms with Crippen molar-refractivity contribution in [3.63, 3.8) is 0 Å². The second-order valence-corrected chi connectivity index (χ2v) is 4.37. The molecular weight excluding hydrogens is 200 g/mol. The van der Waals surface area contributed by atoms with Gasteiger partial charge in [-0.3, -0.25) is 0 Å². The van der Waals surface area contributed by atoms with Crippen molar-refractivity contribution in [1.82, 2.24) is 10.3 Å². The zero-order chi connectivity index (χ0) is 11.4. The van der Waals surface area contributed by atoms with Crippen molar-refractivity contribution in [2.75, 3.05) is 6.54 Å². The third-order valence-corrected chi connectivity index (χ3v) is 2.59. The Balaban J connectivity index is 1.89. The molecule has 0 bridgehead atoms. The predicted octanol–water partition coefficient (Wildman–Crippen LogP) is 2.76. The van der Waals surface area contributed by atoms with E-state index in [-0.39, 0.29) is 0 Å². The van der Waals surface area contributed by atoms with E-state index < -0.39 is 0 Å². The lowest BCUT2D eigenvalue weighted by molar-refractivity contribution is 0.570. The van der Waals surface area contributed by atoms with E-state index in [9.17, 15) is 0 Å². The molecule has 0 amide bonds. The van der Waals surface area contributed by atoms with Crippen LogP contribution >= 0.6 is 0 Å². The molecule has 1 heterocycles. The number of nitrogens with one attached hydrogen (secondary N) is 1. The van der Waals surface area contributed by atoms with Crippen LogP contribution in [0.15, 0.2) is 29.0 Å². The normalized spacial score (nSPS) is 11.4. The van der Waals surface area contributed by atoms with Crippen LogP contribution in [0.5, 0.6) is 0 Å². The smallest absolute Gasteiger partial charge is 0.181 e. The summed E-state index contributed by atoms with van der Waals surface area (Å²) in [6.07, 6.45) is 3.73. The van der Waals surface area contributed by atoms with Gasteiger partial charge in [0.15, 0.2) is 12.0 Å². The van der Waals surface area contributed by atoms with Crippen molar-refractivity contribution < 1.29 is 4.42 Å². The van der Waals surface area contributed by atoms with Gasteiger partial charge in [-0.05, 0) is 37.1 Å². The molecule has 0 saturated heterocycles. The Hall–Kier alpha value is -1.35. The highest BCUT2D eigenvalue weighted by Crippen LogP contribution is 2.14. The van der Waals surface area contributed by atoms with E-state index in [1.54, 1.807) is 0 Å². The van der Waals surface area contributed by atoms with Crippen molar-refractivity contribution >= 4 is 11.1 Å². The quantitative estimate of drug-likeness (QED) is 0.784. The molecule has 0 aliphatic rings. The van der Waals surface area contributed by atoms with Crippen molar-refractivity contribution in [2.24, 2.45) is 0 Å². The molecular formula is C13H18N2O. The summed E-state index contributed by atoms with van der Waals surface area (Å²) in [5.74, 6) is 0. The van der Waals surface area contributed by atoms with Gasteiger partial charge in [0.2, 0.25) is 0 Å². The van der Waals surface area contributed by atoms with Gasteiger partial charge in [-0.1, -0.05) is 19.9 Å². The van der Waals surface area contributed by atoms with E-state index in [0.717, 1.165) is 30.5 Å². The van der Waals surface area contributed by atoms with Crippen molar-refractivity contribution in [3.05, 3.63) is 30.2 Å². The number of benzene rings is 1. The minimum atomic E-state index is 0.568. The molecule has 1 aromatic heterocycles. The molecule has 2 aromatic rings. The van der Waals surface area contributed by atoms with Gasteiger partial charge in [0.05, 0.1) is 0 Å². The first-order chi connectivity index (χ1) is 7.75. The van der Waals surface area contributed by atoms with Crippen LogP contribution in [0.2, 0.25) is 0 Å². The number of hydrogen-bond donors (Lipinski definition) is 1. The number of aromatic nitrogens is 1. The molecule has 0 fully saturated rings. The van der Waals surface area contributed by atoms with E-state index in [1.807, 2.05) is 6.07 Å². The Morgan fingerprint density at radius 1 is 1.38 bits per heavy atom. The second-order valence-electron chi connectivity index (χ2n) is 4.37. The first kappa shape index (κ1) is 11.1. The highest BCUT2D eigenvalue weighted by molar-refractivity contribution is 5.72. The number of rotatable bonds is 5. The summed E-state index contributed by atoms with van der Waals surface area (Å²) in [4.78, 5) is 4.15. The minimum Gasteiger partial charge on any atom is -0.443 e. The predicted molar refractivity (Wildman–Crippen MR) is 65.5 cm³/mol. The fraction of sp³-hybridized carbons (Fsp3) is 0.462. The number of nitrogens with zero attached hydrogens (tertiary/aromatic N) is 1. The molecule has 0 radical (unpaired) electrons. The first-order valence-corrected chi connectivity index (χ1v) is 5.81. The van der Waals surface area contributed by atoms with Gasteiger partial charge >= 0.3 is 0 Å². The molecule has 1 aromatic carbocycles. The van der Waals surface area contributed by atoms with Crippen LogP contribution in [0, 0.1) is 0 Å². The Morgan fingerprint density at radius 3 is 3.06 bits per heavy atom. The van der Waals surface area contributed by atoms with Crippen LogP contribution in [0.4, 0.5) is 0 Å². The lowest BCUT2D eigenvalue weighted by atomic mass is 10.1. The summed E-state index contributed by atoms with van der Waals surface area (Å²) >= 11 is 0. The molecule has 0 saturated carbocycles. The van der Waals surface area contributed by atoms with Crippen molar-refractivity contribution in [3.8, 4) is 0 Å². The first-order valence-electron chi connectivity index (χ1n) is 5.81. The highest BCUT2D eigenvalue weighted by atomic mass is 16.3. The van der Waals surface area contributed by atoms with Gasteiger partial charge in [-0.2, -0.15) is 0 Å². The molecule has 0 spiro atoms. The SMILES string of the molecule is CC(C)NCCCc1ccc2ocnc2c1. The van der Waals surface area contributed by atoms with Crippen LogP contribution in [0.3, 0.4) is 0 Å². The third kappa shape index (κ3) is 2.83. The summed E-state index contributed by atoms with van der Waals surface area (Å²) in [6, 6.07) is 6.78. The van der Waals surface area contributed by atoms with E-state index in [0.29, 0.717) is 6.04 Å². The average molecular weight is 218 g/mol. The Kier molecular flexibility index (Phi) is 3.57. The molecule has 0 atom stereocenters. The zero-order valence-electron chi connectivity index (χ0n) is 9.86. The van der Waals surface area contributed by atoms with Crippen LogP contribution in [0.25, 0.3) is 11.1 Å². The van der Waals surface area contributed by atoms with Crippen molar-refractivity contribution in [1.29, 1.82) is 0 Å². The maximum absolute atomic E-state index is 5.21. The lowest BCUT2D eigenvalue weighted by Crippen LogP contribution is -2.23. The summed E-state index contributed by atoms with van der Waals surface area (Å²) in [6.45, 7) is 5.40. The number of aryl methyl sites for hydroxylation is 1. The van der Waals surface area contributed by atoms with Crippen LogP contribution in [-0.2, 0) is 6.42 Å². The summed E-state index contributed by atoms with van der Waals surface area (Å²) in [7, 11) is 0. The minimum absolute atomic E-state index is 0.568. The average Bonchev–Trinajstić information content (AvgIpc) is 2.71. The molecule has 86 valence electrons. The fourth-order valence-electron chi connectivity index (χ4n) is 1.74. The number of fused-ring (bicyclic) bond motifs is 1. The van der Waals surface area contributed by atoms with Gasteiger partial charge in [-0.25, -0.2) is 4.98 Å². The standard InChI is InChI=1S/C13H18N2O/c1-10(2)14-7-3-4-11-5-6-13-12(8-11)15-9-16-13/h5-6,8-10,14H,3-4,7H2,1-2H3. The second kappa shape index (κ2) is 5.12. The molecule has 0 aliphatic carbocycles. The molecule has 0 unspecified atom stereocenters. The molecule has 1 N–H and O–H groups in total. The van der Waals surface area contributed by atoms with E-state index in [2.05, 4.69) is 36.3 Å². The maximum atomic E-state index is 5.21. The number of hydrogen-bond acceptors (Lipinski definition) is 3. The van der Waals surface area contributed by atoms with Crippen LogP contribution in [0.1, 0.15) is 25.8 Å². The van der Waals surface area contributed by atoms with Gasteiger partial charge in [-0.15, -0.1) is 0 Å². The number of oxazole rings is 1. The van der Waals surface area contributed by atoms with Crippen LogP contribution in [-0.4, -0.2) is 17.6 Å². The van der Waals surface area contributed by atoms with Gasteiger partial charge < -0.3 is 9.73 Å². The monoisotopic (exact) mass is 218 g/mol. The summed E-state index contributed by atoms with van der Waals surface area (Å²) < 4.78 is 5.21. The largest absolute Gasteiger partial charge is 0.443 e. The van der Waals surface area contributed by atoms with Crippen molar-refractivity contribution in [2.45, 2.75) is 32.7 Å². The third-order valence-electron chi connectivity index (χ3n) is 2.59. The van der Waals surface area contributed by atoms with Gasteiger partial charge in [0.25, 0.3) is 0 Å². The fourth-order valence-corrected chi connectivity index (χ4v) is 1.74. The Bertz CT molecular complexity index is 448. The topological polar surface area (TPSA) is 38.1 Å². The van der Waals surface area contributed by atoms with E-state index >= 15 is 0 Å². The summed E-state index contributed by atoms with van der Waals surface area (Å²) in [5.41, 5.74) is 3.14. The molecule has 2 rings (SSSR count). The lowest BCUT2D eigenvalue weighted by Gasteiger charge is -2.07. The Labute approximate surface area is 95.9 Å². The van der Waals surface area contributed by atoms with Crippen LogP contribution < -0.4 is 5.32 Å². The van der Waals surface area contributed by atoms with E-state index in [1.165, 1.54) is 12.0 Å². The van der Waals surface area contributed by atoms with Gasteiger partial charge in [0, 0.05) is 6.04 Å². The molecule has 3 nitrogen and oxygen atoms in total. The highest BCUT2D eigenvalue weighted by Gasteiger charge is 2.00. The molecule has 0 aliphatic heterocycles. The molecule has 16 heavy (non-hydrogen) atoms.